The standard InChI is InChI=1S/C12H10NO2S/c14-16(15)12-8-4-2-6-10(12)9-5-1-3-7-11(9)13-16/h1-8,14-15H. The molecular formula is C12H10NO2S. The van der Waals surface area contributed by atoms with Crippen molar-refractivity contribution in [2.24, 2.45) is 0 Å². The third-order valence-corrected chi connectivity index (χ3v) is 4.00. The molecule has 81 valence electrons. The van der Waals surface area contributed by atoms with Gasteiger partial charge in [-0.15, -0.1) is 0 Å². The van der Waals surface area contributed by atoms with Gasteiger partial charge in [-0.2, -0.15) is 4.72 Å². The van der Waals surface area contributed by atoms with Crippen molar-refractivity contribution >= 4 is 16.5 Å². The minimum atomic E-state index is -3.03. The Morgan fingerprint density at radius 3 is 2.25 bits per heavy atom. The van der Waals surface area contributed by atoms with Crippen molar-refractivity contribution in [1.82, 2.24) is 4.72 Å². The van der Waals surface area contributed by atoms with E-state index < -0.39 is 10.8 Å². The lowest BCUT2D eigenvalue weighted by Gasteiger charge is -2.36. The quantitative estimate of drug-likeness (QED) is 0.728. The van der Waals surface area contributed by atoms with Gasteiger partial charge in [0, 0.05) is 11.1 Å². The largest absolute Gasteiger partial charge is 0.276 e. The summed E-state index contributed by atoms with van der Waals surface area (Å²) in [5.41, 5.74) is 2.44. The van der Waals surface area contributed by atoms with Crippen LogP contribution >= 0.6 is 10.8 Å². The molecule has 1 radical (unpaired) electrons. The van der Waals surface area contributed by atoms with Crippen LogP contribution in [0.5, 0.6) is 0 Å². The molecule has 16 heavy (non-hydrogen) atoms. The van der Waals surface area contributed by atoms with Crippen molar-refractivity contribution in [2.45, 2.75) is 4.90 Å². The van der Waals surface area contributed by atoms with Crippen LogP contribution in [0.4, 0.5) is 5.69 Å². The monoisotopic (exact) mass is 232 g/mol. The smallest absolute Gasteiger partial charge is 0.0910 e. The molecule has 3 rings (SSSR count). The molecule has 4 heteroatoms. The number of hydrogen-bond acceptors (Lipinski definition) is 2. The van der Waals surface area contributed by atoms with E-state index in [-0.39, 0.29) is 0 Å². The topological polar surface area (TPSA) is 54.6 Å². The maximum atomic E-state index is 9.95. The van der Waals surface area contributed by atoms with Gasteiger partial charge in [-0.05, 0) is 12.1 Å². The predicted molar refractivity (Wildman–Crippen MR) is 64.8 cm³/mol. The van der Waals surface area contributed by atoms with Gasteiger partial charge in [0.05, 0.1) is 10.6 Å². The van der Waals surface area contributed by atoms with Crippen molar-refractivity contribution in [3.8, 4) is 11.1 Å². The van der Waals surface area contributed by atoms with E-state index in [1.165, 1.54) is 0 Å². The molecule has 0 atom stereocenters. The van der Waals surface area contributed by atoms with Gasteiger partial charge < -0.3 is 0 Å². The summed E-state index contributed by atoms with van der Waals surface area (Å²) in [4.78, 5) is 0.508. The maximum Gasteiger partial charge on any atom is 0.0910 e. The lowest BCUT2D eigenvalue weighted by Crippen LogP contribution is -2.14. The predicted octanol–water partition coefficient (Wildman–Crippen LogP) is 3.63. The van der Waals surface area contributed by atoms with Crippen molar-refractivity contribution in [1.29, 1.82) is 0 Å². The number of benzene rings is 2. The van der Waals surface area contributed by atoms with E-state index in [0.29, 0.717) is 10.6 Å². The zero-order valence-corrected chi connectivity index (χ0v) is 9.19. The van der Waals surface area contributed by atoms with Gasteiger partial charge in [0.25, 0.3) is 0 Å². The van der Waals surface area contributed by atoms with E-state index in [2.05, 4.69) is 4.72 Å². The third kappa shape index (κ3) is 1.31. The van der Waals surface area contributed by atoms with Gasteiger partial charge in [0.2, 0.25) is 0 Å². The van der Waals surface area contributed by atoms with E-state index in [0.717, 1.165) is 11.1 Å². The number of fused-ring (bicyclic) bond motifs is 3. The molecule has 1 aliphatic rings. The molecule has 0 unspecified atom stereocenters. The second-order valence-corrected chi connectivity index (χ2v) is 5.28. The first kappa shape index (κ1) is 9.72. The summed E-state index contributed by atoms with van der Waals surface area (Å²) < 4.78 is 23.9. The Balaban J connectivity index is 2.33. The first-order valence-corrected chi connectivity index (χ1v) is 6.38. The molecule has 1 aliphatic heterocycles. The van der Waals surface area contributed by atoms with Gasteiger partial charge >= 0.3 is 0 Å². The molecule has 0 aromatic heterocycles. The Morgan fingerprint density at radius 1 is 0.812 bits per heavy atom. The molecule has 1 heterocycles. The molecule has 0 fully saturated rings. The molecule has 0 spiro atoms. The molecule has 0 saturated carbocycles. The summed E-state index contributed by atoms with van der Waals surface area (Å²) in [5, 5.41) is 0. The first-order chi connectivity index (χ1) is 7.68. The SMILES string of the molecule is OS1(O)[N]c2ccccc2-c2ccccc21. The highest BCUT2D eigenvalue weighted by atomic mass is 32.3. The fraction of sp³-hybridized carbons (Fsp3) is 0. The van der Waals surface area contributed by atoms with E-state index in [1.807, 2.05) is 30.3 Å². The zero-order valence-electron chi connectivity index (χ0n) is 8.37. The van der Waals surface area contributed by atoms with Gasteiger partial charge in [-0.1, -0.05) is 47.2 Å². The average Bonchev–Trinajstić information content (AvgIpc) is 2.29. The lowest BCUT2D eigenvalue weighted by molar-refractivity contribution is 0.478. The average molecular weight is 232 g/mol. The summed E-state index contributed by atoms with van der Waals surface area (Å²) in [5.74, 6) is 0. The Hall–Kier alpha value is -1.49. The molecule has 2 aromatic rings. The van der Waals surface area contributed by atoms with E-state index >= 15 is 0 Å². The highest BCUT2D eigenvalue weighted by Gasteiger charge is 2.28. The van der Waals surface area contributed by atoms with Gasteiger partial charge in [0.15, 0.2) is 0 Å². The van der Waals surface area contributed by atoms with Crippen LogP contribution in [0, 0.1) is 0 Å². The fourth-order valence-electron chi connectivity index (χ4n) is 1.90. The lowest BCUT2D eigenvalue weighted by atomic mass is 10.0. The number of hydrogen-bond donors (Lipinski definition) is 2. The maximum absolute atomic E-state index is 9.95. The highest BCUT2D eigenvalue weighted by Crippen LogP contribution is 2.57. The number of nitrogens with zero attached hydrogens (tertiary/aromatic N) is 1. The normalized spacial score (nSPS) is 17.9. The van der Waals surface area contributed by atoms with Gasteiger partial charge in [-0.25, -0.2) is 0 Å². The van der Waals surface area contributed by atoms with Gasteiger partial charge in [-0.3, -0.25) is 9.11 Å². The highest BCUT2D eigenvalue weighted by molar-refractivity contribution is 8.23. The Morgan fingerprint density at radius 2 is 1.44 bits per heavy atom. The summed E-state index contributed by atoms with van der Waals surface area (Å²) in [6.45, 7) is 0. The number of rotatable bonds is 0. The van der Waals surface area contributed by atoms with Crippen LogP contribution in [-0.4, -0.2) is 9.11 Å². The molecule has 0 aliphatic carbocycles. The van der Waals surface area contributed by atoms with Crippen molar-refractivity contribution < 1.29 is 9.11 Å². The fourth-order valence-corrected chi connectivity index (χ4v) is 3.16. The molecule has 0 bridgehead atoms. The van der Waals surface area contributed by atoms with Crippen LogP contribution < -0.4 is 4.72 Å². The molecular weight excluding hydrogens is 222 g/mol. The van der Waals surface area contributed by atoms with Crippen molar-refractivity contribution in [3.05, 3.63) is 48.5 Å². The van der Waals surface area contributed by atoms with Crippen LogP contribution in [0.1, 0.15) is 0 Å². The van der Waals surface area contributed by atoms with Crippen LogP contribution in [0.3, 0.4) is 0 Å². The van der Waals surface area contributed by atoms with Crippen molar-refractivity contribution in [2.75, 3.05) is 0 Å². The minimum Gasteiger partial charge on any atom is -0.276 e. The molecule has 0 saturated heterocycles. The second kappa shape index (κ2) is 3.25. The summed E-state index contributed by atoms with van der Waals surface area (Å²) in [7, 11) is -3.03. The van der Waals surface area contributed by atoms with E-state index in [9.17, 15) is 9.11 Å². The Kier molecular flexibility index (Phi) is 1.97. The Bertz CT molecular complexity index is 554. The second-order valence-electron chi connectivity index (χ2n) is 3.62. The van der Waals surface area contributed by atoms with E-state index in [4.69, 9.17) is 0 Å². The van der Waals surface area contributed by atoms with Gasteiger partial charge in [0.1, 0.15) is 0 Å². The minimum absolute atomic E-state index is 0.508. The van der Waals surface area contributed by atoms with Crippen LogP contribution in [0.2, 0.25) is 0 Å². The molecule has 2 aromatic carbocycles. The molecule has 3 nitrogen and oxygen atoms in total. The molecule has 0 amide bonds. The first-order valence-electron chi connectivity index (χ1n) is 4.88. The van der Waals surface area contributed by atoms with E-state index in [1.54, 1.807) is 18.2 Å². The van der Waals surface area contributed by atoms with Crippen LogP contribution in [0.15, 0.2) is 53.4 Å². The third-order valence-electron chi connectivity index (χ3n) is 2.60. The Labute approximate surface area is 95.2 Å². The zero-order chi connectivity index (χ0) is 11.2. The van der Waals surface area contributed by atoms with Crippen LogP contribution in [-0.2, 0) is 0 Å². The van der Waals surface area contributed by atoms with Crippen molar-refractivity contribution in [3.63, 3.8) is 0 Å². The molecule has 2 N–H and O–H groups in total. The summed E-state index contributed by atoms with van der Waals surface area (Å²) in [6, 6.07) is 14.8. The van der Waals surface area contributed by atoms with Crippen LogP contribution in [0.25, 0.3) is 11.1 Å². The summed E-state index contributed by atoms with van der Waals surface area (Å²) in [6.07, 6.45) is 0. The summed E-state index contributed by atoms with van der Waals surface area (Å²) >= 11 is 0.